The maximum Gasteiger partial charge on any atom is 0.228 e. The topological polar surface area (TPSA) is 31.4 Å². The molecule has 1 aromatic heterocycles. The molecule has 0 bridgehead atoms. The monoisotopic (exact) mass is 307 g/mol. The predicted molar refractivity (Wildman–Crippen MR) is 74.0 cm³/mol. The van der Waals surface area contributed by atoms with Gasteiger partial charge >= 0.3 is 0 Å². The number of aromatic nitrogens is 1. The maximum atomic E-state index is 5.69. The Morgan fingerprint density at radius 2 is 2.11 bits per heavy atom. The fraction of sp³-hybridized carbons (Fsp3) is 0.214. The third kappa shape index (κ3) is 3.01. The molecule has 0 amide bonds. The second kappa shape index (κ2) is 5.87. The van der Waals surface area contributed by atoms with Crippen LogP contribution in [-0.4, -0.2) is 12.1 Å². The quantitative estimate of drug-likeness (QED) is 0.862. The van der Waals surface area contributed by atoms with Crippen molar-refractivity contribution in [3.05, 3.63) is 52.1 Å². The zero-order valence-electron chi connectivity index (χ0n) is 10.3. The van der Waals surface area contributed by atoms with Crippen LogP contribution in [-0.2, 0) is 6.61 Å². The molecular weight excluding hydrogens is 294 g/mol. The normalized spacial score (nSPS) is 10.2. The Morgan fingerprint density at radius 3 is 2.89 bits per heavy atom. The number of ether oxygens (including phenoxy) is 2. The van der Waals surface area contributed by atoms with E-state index in [-0.39, 0.29) is 0 Å². The van der Waals surface area contributed by atoms with Crippen molar-refractivity contribution in [1.82, 2.24) is 4.98 Å². The molecule has 1 aromatic carbocycles. The summed E-state index contributed by atoms with van der Waals surface area (Å²) in [7, 11) is 1.65. The van der Waals surface area contributed by atoms with Gasteiger partial charge in [-0.15, -0.1) is 0 Å². The van der Waals surface area contributed by atoms with Crippen LogP contribution in [0.5, 0.6) is 11.6 Å². The highest BCUT2D eigenvalue weighted by Crippen LogP contribution is 2.26. The number of rotatable bonds is 4. The van der Waals surface area contributed by atoms with Crippen LogP contribution in [0.4, 0.5) is 0 Å². The molecule has 0 radical (unpaired) electrons. The van der Waals surface area contributed by atoms with Gasteiger partial charge in [0.15, 0.2) is 0 Å². The molecule has 18 heavy (non-hydrogen) atoms. The molecular formula is C14H14BrNO2. The first-order valence-electron chi connectivity index (χ1n) is 5.57. The Labute approximate surface area is 115 Å². The van der Waals surface area contributed by atoms with Gasteiger partial charge in [-0.2, -0.15) is 0 Å². The van der Waals surface area contributed by atoms with Gasteiger partial charge in [-0.05, 0) is 52.2 Å². The molecule has 2 rings (SSSR count). The van der Waals surface area contributed by atoms with Gasteiger partial charge in [-0.3, -0.25) is 0 Å². The fourth-order valence-electron chi connectivity index (χ4n) is 1.53. The Bertz CT molecular complexity index is 543. The molecule has 0 saturated heterocycles. The molecule has 0 aliphatic rings. The minimum atomic E-state index is 0.465. The highest BCUT2D eigenvalue weighted by molar-refractivity contribution is 9.10. The lowest BCUT2D eigenvalue weighted by Crippen LogP contribution is -1.99. The van der Waals surface area contributed by atoms with E-state index >= 15 is 0 Å². The number of benzene rings is 1. The van der Waals surface area contributed by atoms with Crippen molar-refractivity contribution in [3.63, 3.8) is 0 Å². The Hall–Kier alpha value is -1.55. The Morgan fingerprint density at radius 1 is 1.28 bits per heavy atom. The third-order valence-corrected chi connectivity index (χ3v) is 3.52. The van der Waals surface area contributed by atoms with Crippen LogP contribution in [0.15, 0.2) is 41.0 Å². The molecule has 0 spiro atoms. The van der Waals surface area contributed by atoms with Crippen molar-refractivity contribution in [2.24, 2.45) is 0 Å². The summed E-state index contributed by atoms with van der Waals surface area (Å²) in [6.45, 7) is 2.47. The lowest BCUT2D eigenvalue weighted by Gasteiger charge is -2.09. The largest absolute Gasteiger partial charge is 0.497 e. The average molecular weight is 308 g/mol. The second-order valence-corrected chi connectivity index (χ2v) is 4.68. The van der Waals surface area contributed by atoms with Crippen LogP contribution in [0, 0.1) is 6.92 Å². The number of nitrogens with zero attached hydrogens (tertiary/aromatic N) is 1. The number of halogens is 1. The van der Waals surface area contributed by atoms with E-state index in [4.69, 9.17) is 9.47 Å². The summed E-state index contributed by atoms with van der Waals surface area (Å²) >= 11 is 3.47. The van der Waals surface area contributed by atoms with E-state index in [1.807, 2.05) is 37.3 Å². The zero-order valence-corrected chi connectivity index (χ0v) is 11.9. The molecule has 3 nitrogen and oxygen atoms in total. The molecule has 94 valence electrons. The molecule has 0 aliphatic heterocycles. The number of hydrogen-bond donors (Lipinski definition) is 0. The van der Waals surface area contributed by atoms with Crippen molar-refractivity contribution in [1.29, 1.82) is 0 Å². The van der Waals surface area contributed by atoms with E-state index < -0.39 is 0 Å². The van der Waals surface area contributed by atoms with E-state index in [1.54, 1.807) is 13.3 Å². The summed E-state index contributed by atoms with van der Waals surface area (Å²) in [5.74, 6) is 1.44. The second-order valence-electron chi connectivity index (χ2n) is 3.89. The van der Waals surface area contributed by atoms with Crippen LogP contribution in [0.25, 0.3) is 0 Å². The van der Waals surface area contributed by atoms with Gasteiger partial charge in [0.2, 0.25) is 5.88 Å². The first kappa shape index (κ1) is 12.9. The summed E-state index contributed by atoms with van der Waals surface area (Å²) in [6, 6.07) is 9.72. The smallest absolute Gasteiger partial charge is 0.228 e. The predicted octanol–water partition coefficient (Wildman–Crippen LogP) is 3.74. The standard InChI is InChI=1S/C14H14BrNO2/c1-10-6-7-16-14(13(10)15)18-9-11-4-3-5-12(8-11)17-2/h3-8H,9H2,1-2H3. The molecule has 0 aliphatic carbocycles. The molecule has 0 N–H and O–H groups in total. The van der Waals surface area contributed by atoms with Crippen molar-refractivity contribution < 1.29 is 9.47 Å². The van der Waals surface area contributed by atoms with Gasteiger partial charge in [0.1, 0.15) is 12.4 Å². The molecule has 0 unspecified atom stereocenters. The summed E-state index contributed by atoms with van der Waals surface area (Å²) < 4.78 is 11.8. The lowest BCUT2D eigenvalue weighted by atomic mass is 10.2. The van der Waals surface area contributed by atoms with Crippen LogP contribution < -0.4 is 9.47 Å². The van der Waals surface area contributed by atoms with Crippen molar-refractivity contribution in [3.8, 4) is 11.6 Å². The third-order valence-electron chi connectivity index (χ3n) is 2.56. The highest BCUT2D eigenvalue weighted by Gasteiger charge is 2.05. The van der Waals surface area contributed by atoms with Crippen LogP contribution >= 0.6 is 15.9 Å². The molecule has 1 heterocycles. The molecule has 4 heteroatoms. The van der Waals surface area contributed by atoms with E-state index in [0.717, 1.165) is 21.3 Å². The van der Waals surface area contributed by atoms with Crippen LogP contribution in [0.3, 0.4) is 0 Å². The van der Waals surface area contributed by atoms with Gasteiger partial charge in [-0.25, -0.2) is 4.98 Å². The molecule has 0 saturated carbocycles. The summed E-state index contributed by atoms with van der Waals surface area (Å²) in [5.41, 5.74) is 2.15. The minimum absolute atomic E-state index is 0.465. The Balaban J connectivity index is 2.09. The summed E-state index contributed by atoms with van der Waals surface area (Å²) in [5, 5.41) is 0. The van der Waals surface area contributed by atoms with Gasteiger partial charge < -0.3 is 9.47 Å². The van der Waals surface area contributed by atoms with Crippen LogP contribution in [0.1, 0.15) is 11.1 Å². The van der Waals surface area contributed by atoms with E-state index in [9.17, 15) is 0 Å². The van der Waals surface area contributed by atoms with E-state index in [1.165, 1.54) is 0 Å². The Kier molecular flexibility index (Phi) is 4.20. The minimum Gasteiger partial charge on any atom is -0.497 e. The van der Waals surface area contributed by atoms with Crippen molar-refractivity contribution >= 4 is 15.9 Å². The number of aryl methyl sites for hydroxylation is 1. The average Bonchev–Trinajstić information content (AvgIpc) is 2.41. The first-order valence-corrected chi connectivity index (χ1v) is 6.37. The number of pyridine rings is 1. The highest BCUT2D eigenvalue weighted by atomic mass is 79.9. The zero-order chi connectivity index (χ0) is 13.0. The molecule has 2 aromatic rings. The van der Waals surface area contributed by atoms with Crippen LogP contribution in [0.2, 0.25) is 0 Å². The van der Waals surface area contributed by atoms with Crippen molar-refractivity contribution in [2.75, 3.05) is 7.11 Å². The SMILES string of the molecule is COc1cccc(COc2nccc(C)c2Br)c1. The first-order chi connectivity index (χ1) is 8.70. The molecule has 0 fully saturated rings. The van der Waals surface area contributed by atoms with Crippen molar-refractivity contribution in [2.45, 2.75) is 13.5 Å². The van der Waals surface area contributed by atoms with Gasteiger partial charge in [-0.1, -0.05) is 12.1 Å². The van der Waals surface area contributed by atoms with E-state index in [2.05, 4.69) is 20.9 Å². The summed E-state index contributed by atoms with van der Waals surface area (Å²) in [4.78, 5) is 4.20. The van der Waals surface area contributed by atoms with Gasteiger partial charge in [0.05, 0.1) is 11.6 Å². The number of hydrogen-bond acceptors (Lipinski definition) is 3. The van der Waals surface area contributed by atoms with Gasteiger partial charge in [0.25, 0.3) is 0 Å². The number of methoxy groups -OCH3 is 1. The fourth-order valence-corrected chi connectivity index (χ4v) is 1.88. The van der Waals surface area contributed by atoms with Gasteiger partial charge in [0, 0.05) is 6.20 Å². The maximum absolute atomic E-state index is 5.69. The summed E-state index contributed by atoms with van der Waals surface area (Å²) in [6.07, 6.45) is 1.74. The molecule has 0 atom stereocenters. The lowest BCUT2D eigenvalue weighted by molar-refractivity contribution is 0.290. The van der Waals surface area contributed by atoms with E-state index in [0.29, 0.717) is 12.5 Å².